The highest BCUT2D eigenvalue weighted by atomic mass is 35.5. The maximum Gasteiger partial charge on any atom is 0.262 e. The van der Waals surface area contributed by atoms with E-state index in [0.717, 1.165) is 10.8 Å². The number of carbonyl (C=O) groups is 2. The highest BCUT2D eigenvalue weighted by Crippen LogP contribution is 2.21. The van der Waals surface area contributed by atoms with Gasteiger partial charge < -0.3 is 15.8 Å². The SMILES string of the molecule is NC(=O)c1cc(NC(=O)COc2ccc3ccccc3c2)ccc1Cl. The average molecular weight is 355 g/mol. The summed E-state index contributed by atoms with van der Waals surface area (Å²) in [5, 5.41) is 5.00. The van der Waals surface area contributed by atoms with Crippen molar-refractivity contribution < 1.29 is 14.3 Å². The van der Waals surface area contributed by atoms with Crippen molar-refractivity contribution in [1.82, 2.24) is 0 Å². The summed E-state index contributed by atoms with van der Waals surface area (Å²) >= 11 is 5.88. The predicted molar refractivity (Wildman–Crippen MR) is 98.0 cm³/mol. The first-order valence-electron chi connectivity index (χ1n) is 7.54. The Morgan fingerprint density at radius 3 is 2.52 bits per heavy atom. The van der Waals surface area contributed by atoms with E-state index in [-0.39, 0.29) is 23.1 Å². The molecule has 3 aromatic carbocycles. The van der Waals surface area contributed by atoms with Crippen LogP contribution in [0.25, 0.3) is 10.8 Å². The summed E-state index contributed by atoms with van der Waals surface area (Å²) in [4.78, 5) is 23.3. The van der Waals surface area contributed by atoms with E-state index in [9.17, 15) is 9.59 Å². The second kappa shape index (κ2) is 7.23. The number of carbonyl (C=O) groups excluding carboxylic acids is 2. The van der Waals surface area contributed by atoms with E-state index < -0.39 is 5.91 Å². The fraction of sp³-hybridized carbons (Fsp3) is 0.0526. The highest BCUT2D eigenvalue weighted by Gasteiger charge is 2.10. The van der Waals surface area contributed by atoms with Crippen LogP contribution in [-0.4, -0.2) is 18.4 Å². The summed E-state index contributed by atoms with van der Waals surface area (Å²) in [5.74, 6) is -0.415. The van der Waals surface area contributed by atoms with Crippen LogP contribution in [0.1, 0.15) is 10.4 Å². The molecule has 5 nitrogen and oxygen atoms in total. The zero-order valence-corrected chi connectivity index (χ0v) is 13.9. The van der Waals surface area contributed by atoms with Crippen LogP contribution in [0.2, 0.25) is 5.02 Å². The maximum atomic E-state index is 12.0. The fourth-order valence-electron chi connectivity index (χ4n) is 2.39. The number of fused-ring (bicyclic) bond motifs is 1. The number of anilines is 1. The van der Waals surface area contributed by atoms with Crippen molar-refractivity contribution in [1.29, 1.82) is 0 Å². The third-order valence-electron chi connectivity index (χ3n) is 3.61. The Morgan fingerprint density at radius 1 is 1.00 bits per heavy atom. The van der Waals surface area contributed by atoms with Crippen LogP contribution >= 0.6 is 11.6 Å². The van der Waals surface area contributed by atoms with Gasteiger partial charge in [0.05, 0.1) is 10.6 Å². The molecular formula is C19H15ClN2O3. The minimum atomic E-state index is -0.659. The molecule has 0 heterocycles. The molecule has 0 aliphatic rings. The number of halogens is 1. The molecule has 0 saturated heterocycles. The second-order valence-corrected chi connectivity index (χ2v) is 5.81. The van der Waals surface area contributed by atoms with Crippen LogP contribution in [0.3, 0.4) is 0 Å². The molecule has 0 saturated carbocycles. The van der Waals surface area contributed by atoms with E-state index >= 15 is 0 Å². The Labute approximate surface area is 149 Å². The van der Waals surface area contributed by atoms with Gasteiger partial charge in [0.25, 0.3) is 5.91 Å². The van der Waals surface area contributed by atoms with E-state index in [1.54, 1.807) is 6.07 Å². The number of hydrogen-bond donors (Lipinski definition) is 2. The number of nitrogens with two attached hydrogens (primary N) is 1. The van der Waals surface area contributed by atoms with Gasteiger partial charge in [-0.1, -0.05) is 41.9 Å². The van der Waals surface area contributed by atoms with Crippen LogP contribution in [0, 0.1) is 0 Å². The van der Waals surface area contributed by atoms with Gasteiger partial charge in [-0.05, 0) is 41.1 Å². The number of nitrogens with one attached hydrogen (secondary N) is 1. The van der Waals surface area contributed by atoms with Crippen LogP contribution < -0.4 is 15.8 Å². The summed E-state index contributed by atoms with van der Waals surface area (Å²) in [6.45, 7) is -0.160. The van der Waals surface area contributed by atoms with Gasteiger partial charge in [-0.2, -0.15) is 0 Å². The number of rotatable bonds is 5. The first kappa shape index (κ1) is 16.8. The van der Waals surface area contributed by atoms with E-state index in [1.165, 1.54) is 12.1 Å². The van der Waals surface area contributed by atoms with Gasteiger partial charge in [-0.15, -0.1) is 0 Å². The van der Waals surface area contributed by atoms with Gasteiger partial charge in [0.15, 0.2) is 6.61 Å². The van der Waals surface area contributed by atoms with E-state index in [1.807, 2.05) is 42.5 Å². The summed E-state index contributed by atoms with van der Waals surface area (Å²) in [6, 6.07) is 18.0. The molecule has 0 aromatic heterocycles. The second-order valence-electron chi connectivity index (χ2n) is 5.40. The van der Waals surface area contributed by atoms with Gasteiger partial charge in [0.2, 0.25) is 5.91 Å². The molecule has 0 radical (unpaired) electrons. The predicted octanol–water partition coefficient (Wildman–Crippen LogP) is 3.61. The van der Waals surface area contributed by atoms with Crippen molar-refractivity contribution in [2.45, 2.75) is 0 Å². The number of hydrogen-bond acceptors (Lipinski definition) is 3. The maximum absolute atomic E-state index is 12.0. The van der Waals surface area contributed by atoms with E-state index in [2.05, 4.69) is 5.32 Å². The molecule has 3 aromatic rings. The number of ether oxygens (including phenoxy) is 1. The molecule has 0 fully saturated rings. The zero-order valence-electron chi connectivity index (χ0n) is 13.2. The minimum Gasteiger partial charge on any atom is -0.484 e. The first-order chi connectivity index (χ1) is 12.0. The molecular weight excluding hydrogens is 340 g/mol. The summed E-state index contributed by atoms with van der Waals surface area (Å²) in [7, 11) is 0. The van der Waals surface area contributed by atoms with Crippen molar-refractivity contribution in [3.05, 3.63) is 71.2 Å². The van der Waals surface area contributed by atoms with Crippen molar-refractivity contribution in [2.24, 2.45) is 5.73 Å². The Kier molecular flexibility index (Phi) is 4.86. The van der Waals surface area contributed by atoms with Crippen LogP contribution in [0.15, 0.2) is 60.7 Å². The lowest BCUT2D eigenvalue weighted by atomic mass is 10.1. The van der Waals surface area contributed by atoms with Crippen molar-refractivity contribution in [3.63, 3.8) is 0 Å². The van der Waals surface area contributed by atoms with E-state index in [0.29, 0.717) is 11.4 Å². The van der Waals surface area contributed by atoms with Crippen molar-refractivity contribution in [3.8, 4) is 5.75 Å². The molecule has 25 heavy (non-hydrogen) atoms. The first-order valence-corrected chi connectivity index (χ1v) is 7.91. The topological polar surface area (TPSA) is 81.4 Å². The van der Waals surface area contributed by atoms with Gasteiger partial charge in [0.1, 0.15) is 5.75 Å². The van der Waals surface area contributed by atoms with Crippen molar-refractivity contribution >= 4 is 39.9 Å². The summed E-state index contributed by atoms with van der Waals surface area (Å²) < 4.78 is 5.52. The lowest BCUT2D eigenvalue weighted by Crippen LogP contribution is -2.20. The minimum absolute atomic E-state index is 0.148. The normalized spacial score (nSPS) is 10.4. The monoisotopic (exact) mass is 354 g/mol. The molecule has 3 rings (SSSR count). The molecule has 0 aliphatic carbocycles. The lowest BCUT2D eigenvalue weighted by molar-refractivity contribution is -0.118. The van der Waals surface area contributed by atoms with Crippen LogP contribution in [0.5, 0.6) is 5.75 Å². The van der Waals surface area contributed by atoms with Gasteiger partial charge in [-0.3, -0.25) is 9.59 Å². The van der Waals surface area contributed by atoms with Gasteiger partial charge in [0, 0.05) is 5.69 Å². The Morgan fingerprint density at radius 2 is 1.76 bits per heavy atom. The number of benzene rings is 3. The smallest absolute Gasteiger partial charge is 0.262 e. The number of amides is 2. The lowest BCUT2D eigenvalue weighted by Gasteiger charge is -2.09. The molecule has 0 spiro atoms. The summed E-state index contributed by atoms with van der Waals surface area (Å²) in [6.07, 6.45) is 0. The standard InChI is InChI=1S/C19H15ClN2O3/c20-17-8-6-14(10-16(17)19(21)24)22-18(23)11-25-15-7-5-12-3-1-2-4-13(12)9-15/h1-10H,11H2,(H2,21,24)(H,22,23). The van der Waals surface area contributed by atoms with Gasteiger partial charge in [-0.25, -0.2) is 0 Å². The Hall–Kier alpha value is -3.05. The molecule has 0 bridgehead atoms. The quantitative estimate of drug-likeness (QED) is 0.734. The fourth-order valence-corrected chi connectivity index (χ4v) is 2.61. The molecule has 0 atom stereocenters. The molecule has 0 unspecified atom stereocenters. The van der Waals surface area contributed by atoms with E-state index in [4.69, 9.17) is 22.1 Å². The zero-order chi connectivity index (χ0) is 17.8. The highest BCUT2D eigenvalue weighted by molar-refractivity contribution is 6.34. The largest absolute Gasteiger partial charge is 0.484 e. The molecule has 126 valence electrons. The van der Waals surface area contributed by atoms with Crippen LogP contribution in [0.4, 0.5) is 5.69 Å². The summed E-state index contributed by atoms with van der Waals surface area (Å²) in [5.41, 5.74) is 5.80. The number of primary amides is 1. The Balaban J connectivity index is 1.64. The average Bonchev–Trinajstić information content (AvgIpc) is 2.61. The molecule has 6 heteroatoms. The van der Waals surface area contributed by atoms with Gasteiger partial charge >= 0.3 is 0 Å². The van der Waals surface area contributed by atoms with Crippen LogP contribution in [-0.2, 0) is 4.79 Å². The third-order valence-corrected chi connectivity index (χ3v) is 3.94. The third kappa shape index (κ3) is 4.08. The molecule has 2 amide bonds. The van der Waals surface area contributed by atoms with Crippen molar-refractivity contribution in [2.75, 3.05) is 11.9 Å². The Bertz CT molecular complexity index is 956. The molecule has 3 N–H and O–H groups in total. The molecule has 0 aliphatic heterocycles.